The minimum Gasteiger partial charge on any atom is -0.492 e. The summed E-state index contributed by atoms with van der Waals surface area (Å²) < 4.78 is 6.77. The van der Waals surface area contributed by atoms with E-state index in [2.05, 4.69) is 10.4 Å². The van der Waals surface area contributed by atoms with Crippen LogP contribution in [0, 0.1) is 0 Å². The Balaban J connectivity index is 1.98. The molecule has 2 rings (SSSR count). The van der Waals surface area contributed by atoms with Gasteiger partial charge in [-0.3, -0.25) is 9.59 Å². The molecule has 6 heteroatoms. The number of benzene rings is 1. The van der Waals surface area contributed by atoms with E-state index in [1.54, 1.807) is 0 Å². The Hall–Kier alpha value is -2.63. The first-order valence-electron chi connectivity index (χ1n) is 7.25. The summed E-state index contributed by atoms with van der Waals surface area (Å²) in [4.78, 5) is 23.6. The normalized spacial score (nSPS) is 10.2. The summed E-state index contributed by atoms with van der Waals surface area (Å²) in [5.41, 5.74) is -0.0311. The highest BCUT2D eigenvalue weighted by Crippen LogP contribution is 2.07. The predicted molar refractivity (Wildman–Crippen MR) is 83.1 cm³/mol. The first kappa shape index (κ1) is 15.8. The van der Waals surface area contributed by atoms with Crippen LogP contribution in [0.15, 0.2) is 47.3 Å². The second kappa shape index (κ2) is 7.97. The van der Waals surface area contributed by atoms with Gasteiger partial charge in [0.2, 0.25) is 0 Å². The van der Waals surface area contributed by atoms with E-state index < -0.39 is 0 Å². The lowest BCUT2D eigenvalue weighted by molar-refractivity contribution is 0.0945. The van der Waals surface area contributed by atoms with Gasteiger partial charge in [-0.15, -0.1) is 0 Å². The van der Waals surface area contributed by atoms with Gasteiger partial charge in [0.15, 0.2) is 0 Å². The summed E-state index contributed by atoms with van der Waals surface area (Å²) in [5.74, 6) is 0.451. The molecule has 0 bridgehead atoms. The molecule has 116 valence electrons. The lowest BCUT2D eigenvalue weighted by Crippen LogP contribution is -2.31. The molecular formula is C16H19N3O3. The van der Waals surface area contributed by atoms with Gasteiger partial charge in [0.05, 0.1) is 6.54 Å². The Bertz CT molecular complexity index is 668. The number of amides is 1. The molecule has 1 heterocycles. The van der Waals surface area contributed by atoms with Crippen molar-refractivity contribution in [2.75, 3.05) is 13.2 Å². The van der Waals surface area contributed by atoms with Crippen LogP contribution in [-0.2, 0) is 6.54 Å². The zero-order valence-electron chi connectivity index (χ0n) is 12.5. The molecule has 0 atom stereocenters. The number of nitrogens with zero attached hydrogens (tertiary/aromatic N) is 2. The molecule has 0 aliphatic heterocycles. The summed E-state index contributed by atoms with van der Waals surface area (Å²) in [6.45, 7) is 3.13. The molecule has 0 saturated carbocycles. The van der Waals surface area contributed by atoms with Crippen molar-refractivity contribution >= 4 is 5.91 Å². The number of hydrogen-bond donors (Lipinski definition) is 1. The van der Waals surface area contributed by atoms with Gasteiger partial charge >= 0.3 is 0 Å². The topological polar surface area (TPSA) is 73.2 Å². The first-order chi connectivity index (χ1) is 10.7. The highest BCUT2D eigenvalue weighted by molar-refractivity contribution is 5.91. The minimum atomic E-state index is -0.278. The average Bonchev–Trinajstić information content (AvgIpc) is 2.55. The van der Waals surface area contributed by atoms with E-state index >= 15 is 0 Å². The van der Waals surface area contributed by atoms with Crippen LogP contribution >= 0.6 is 0 Å². The molecule has 2 aromatic rings. The van der Waals surface area contributed by atoms with E-state index in [0.717, 1.165) is 12.2 Å². The fourth-order valence-corrected chi connectivity index (χ4v) is 1.83. The van der Waals surface area contributed by atoms with Gasteiger partial charge < -0.3 is 10.1 Å². The number of para-hydroxylation sites is 1. The zero-order valence-corrected chi connectivity index (χ0v) is 12.5. The Morgan fingerprint density at radius 1 is 1.23 bits per heavy atom. The van der Waals surface area contributed by atoms with Crippen LogP contribution < -0.4 is 15.6 Å². The molecule has 0 spiro atoms. The molecule has 0 saturated heterocycles. The van der Waals surface area contributed by atoms with Crippen molar-refractivity contribution in [2.45, 2.75) is 19.9 Å². The first-order valence-corrected chi connectivity index (χ1v) is 7.25. The molecular weight excluding hydrogens is 282 g/mol. The van der Waals surface area contributed by atoms with E-state index in [4.69, 9.17) is 4.74 Å². The van der Waals surface area contributed by atoms with Gasteiger partial charge in [-0.2, -0.15) is 5.10 Å². The maximum absolute atomic E-state index is 11.8. The molecule has 1 N–H and O–H groups in total. The van der Waals surface area contributed by atoms with Crippen molar-refractivity contribution in [2.24, 2.45) is 0 Å². The Labute approximate surface area is 128 Å². The maximum atomic E-state index is 11.8. The molecule has 6 nitrogen and oxygen atoms in total. The molecule has 0 aliphatic carbocycles. The number of aromatic nitrogens is 2. The maximum Gasteiger partial charge on any atom is 0.271 e. The monoisotopic (exact) mass is 301 g/mol. The summed E-state index contributed by atoms with van der Waals surface area (Å²) in [6, 6.07) is 12.1. The van der Waals surface area contributed by atoms with Crippen LogP contribution in [0.2, 0.25) is 0 Å². The van der Waals surface area contributed by atoms with Crippen LogP contribution in [-0.4, -0.2) is 28.8 Å². The molecule has 0 radical (unpaired) electrons. The Kier molecular flexibility index (Phi) is 5.71. The fraction of sp³-hybridized carbons (Fsp3) is 0.312. The quantitative estimate of drug-likeness (QED) is 0.840. The zero-order chi connectivity index (χ0) is 15.8. The lowest BCUT2D eigenvalue weighted by atomic mass is 10.3. The van der Waals surface area contributed by atoms with Crippen molar-refractivity contribution < 1.29 is 9.53 Å². The highest BCUT2D eigenvalue weighted by Gasteiger charge is 2.08. The predicted octanol–water partition coefficient (Wildman–Crippen LogP) is 1.46. The number of carbonyl (C=O) groups excluding carboxylic acids is 1. The standard InChI is InChI=1S/C16H19N3O3/c1-2-10-17-16(21)14-8-9-15(20)19(18-14)11-12-22-13-6-4-3-5-7-13/h3-9H,2,10-12H2,1H3,(H,17,21). The van der Waals surface area contributed by atoms with Gasteiger partial charge in [0.25, 0.3) is 11.5 Å². The van der Waals surface area contributed by atoms with Crippen molar-refractivity contribution in [3.8, 4) is 5.75 Å². The van der Waals surface area contributed by atoms with E-state index in [1.807, 2.05) is 37.3 Å². The van der Waals surface area contributed by atoms with Gasteiger partial charge in [-0.25, -0.2) is 4.68 Å². The second-order valence-corrected chi connectivity index (χ2v) is 4.70. The number of nitrogens with one attached hydrogen (secondary N) is 1. The van der Waals surface area contributed by atoms with E-state index in [0.29, 0.717) is 13.2 Å². The molecule has 1 amide bonds. The SMILES string of the molecule is CCCNC(=O)c1ccc(=O)n(CCOc2ccccc2)n1. The van der Waals surface area contributed by atoms with E-state index in [9.17, 15) is 9.59 Å². The molecule has 1 aromatic heterocycles. The Morgan fingerprint density at radius 2 is 2.00 bits per heavy atom. The minimum absolute atomic E-state index is 0.229. The van der Waals surface area contributed by atoms with Crippen LogP contribution in [0.3, 0.4) is 0 Å². The number of hydrogen-bond acceptors (Lipinski definition) is 4. The van der Waals surface area contributed by atoms with Crippen LogP contribution in [0.5, 0.6) is 5.75 Å². The van der Waals surface area contributed by atoms with Gasteiger partial charge in [-0.1, -0.05) is 25.1 Å². The fourth-order valence-electron chi connectivity index (χ4n) is 1.83. The highest BCUT2D eigenvalue weighted by atomic mass is 16.5. The summed E-state index contributed by atoms with van der Waals surface area (Å²) in [5, 5.41) is 6.80. The molecule has 1 aromatic carbocycles. The van der Waals surface area contributed by atoms with Crippen LogP contribution in [0.4, 0.5) is 0 Å². The van der Waals surface area contributed by atoms with E-state index in [1.165, 1.54) is 16.8 Å². The van der Waals surface area contributed by atoms with Crippen molar-refractivity contribution in [1.29, 1.82) is 0 Å². The molecule has 0 aliphatic rings. The number of carbonyl (C=O) groups is 1. The smallest absolute Gasteiger partial charge is 0.271 e. The number of ether oxygens (including phenoxy) is 1. The number of rotatable bonds is 7. The second-order valence-electron chi connectivity index (χ2n) is 4.70. The third kappa shape index (κ3) is 4.44. The van der Waals surface area contributed by atoms with Crippen LogP contribution in [0.25, 0.3) is 0 Å². The van der Waals surface area contributed by atoms with E-state index in [-0.39, 0.29) is 23.7 Å². The van der Waals surface area contributed by atoms with Crippen molar-refractivity contribution in [3.05, 3.63) is 58.5 Å². The molecule has 0 unspecified atom stereocenters. The van der Waals surface area contributed by atoms with Gasteiger partial charge in [0, 0.05) is 12.6 Å². The molecule has 22 heavy (non-hydrogen) atoms. The van der Waals surface area contributed by atoms with Gasteiger partial charge in [-0.05, 0) is 24.6 Å². The summed E-state index contributed by atoms with van der Waals surface area (Å²) in [7, 11) is 0. The largest absolute Gasteiger partial charge is 0.492 e. The average molecular weight is 301 g/mol. The summed E-state index contributed by atoms with van der Waals surface area (Å²) in [6.07, 6.45) is 0.844. The van der Waals surface area contributed by atoms with Crippen LogP contribution in [0.1, 0.15) is 23.8 Å². The molecule has 0 fully saturated rings. The van der Waals surface area contributed by atoms with Gasteiger partial charge in [0.1, 0.15) is 18.1 Å². The van der Waals surface area contributed by atoms with Crippen molar-refractivity contribution in [1.82, 2.24) is 15.1 Å². The van der Waals surface area contributed by atoms with Crippen molar-refractivity contribution in [3.63, 3.8) is 0 Å². The third-order valence-electron chi connectivity index (χ3n) is 2.95. The Morgan fingerprint density at radius 3 is 2.73 bits per heavy atom. The third-order valence-corrected chi connectivity index (χ3v) is 2.95. The summed E-state index contributed by atoms with van der Waals surface area (Å²) >= 11 is 0. The lowest BCUT2D eigenvalue weighted by Gasteiger charge is -2.09.